The molecule has 1 saturated heterocycles. The molecule has 0 atom stereocenters. The topological polar surface area (TPSA) is 69.9 Å². The predicted octanol–water partition coefficient (Wildman–Crippen LogP) is 2.16. The summed E-state index contributed by atoms with van der Waals surface area (Å²) >= 11 is 0. The zero-order chi connectivity index (χ0) is 21.5. The molecule has 0 radical (unpaired) electrons. The first-order valence-corrected chi connectivity index (χ1v) is 10.3. The summed E-state index contributed by atoms with van der Waals surface area (Å²) in [5.41, 5.74) is 8.39. The van der Waals surface area contributed by atoms with E-state index in [1.807, 2.05) is 0 Å². The lowest BCUT2D eigenvalue weighted by Gasteiger charge is -2.35. The van der Waals surface area contributed by atoms with E-state index in [0.717, 1.165) is 32.7 Å². The van der Waals surface area contributed by atoms with E-state index in [2.05, 4.69) is 41.0 Å². The van der Waals surface area contributed by atoms with Crippen molar-refractivity contribution in [2.24, 2.45) is 5.73 Å². The molecule has 3 rings (SSSR count). The van der Waals surface area contributed by atoms with Crippen molar-refractivity contribution in [3.8, 4) is 0 Å². The van der Waals surface area contributed by atoms with Gasteiger partial charge in [0.15, 0.2) is 0 Å². The van der Waals surface area contributed by atoms with Crippen LogP contribution in [0, 0.1) is 12.7 Å². The molecular formula is C23H29FN4O2. The lowest BCUT2D eigenvalue weighted by molar-refractivity contribution is -0.120. The molecule has 0 aromatic heterocycles. The Morgan fingerprint density at radius 2 is 1.70 bits per heavy atom. The van der Waals surface area contributed by atoms with Gasteiger partial charge in [0.1, 0.15) is 5.82 Å². The van der Waals surface area contributed by atoms with Crippen molar-refractivity contribution in [3.05, 3.63) is 65.5 Å². The van der Waals surface area contributed by atoms with Crippen molar-refractivity contribution in [2.75, 3.05) is 44.2 Å². The molecule has 160 valence electrons. The van der Waals surface area contributed by atoms with Crippen LogP contribution in [0.1, 0.15) is 17.5 Å². The smallest absolute Gasteiger partial charge is 0.241 e. The molecule has 2 N–H and O–H groups in total. The van der Waals surface area contributed by atoms with Crippen LogP contribution in [0.4, 0.5) is 10.1 Å². The fourth-order valence-electron chi connectivity index (χ4n) is 3.69. The number of hydrogen-bond donors (Lipinski definition) is 1. The van der Waals surface area contributed by atoms with E-state index < -0.39 is 5.91 Å². The maximum absolute atomic E-state index is 13.3. The van der Waals surface area contributed by atoms with Gasteiger partial charge >= 0.3 is 0 Å². The Morgan fingerprint density at radius 1 is 1.03 bits per heavy atom. The Bertz CT molecular complexity index is 864. The summed E-state index contributed by atoms with van der Waals surface area (Å²) in [5, 5.41) is 0. The lowest BCUT2D eigenvalue weighted by atomic mass is 10.1. The first-order chi connectivity index (χ1) is 14.4. The number of primary amides is 1. The van der Waals surface area contributed by atoms with E-state index in [1.165, 1.54) is 28.2 Å². The van der Waals surface area contributed by atoms with Crippen molar-refractivity contribution in [3.63, 3.8) is 0 Å². The molecule has 2 amide bonds. The van der Waals surface area contributed by atoms with Crippen LogP contribution in [0.5, 0.6) is 0 Å². The second kappa shape index (κ2) is 10.3. The highest BCUT2D eigenvalue weighted by molar-refractivity contribution is 5.95. The van der Waals surface area contributed by atoms with Crippen LogP contribution in [0.3, 0.4) is 0 Å². The fraction of sp³-hybridized carbons (Fsp3) is 0.391. The quantitative estimate of drug-likeness (QED) is 0.721. The average molecular weight is 413 g/mol. The number of nitrogens with two attached hydrogens (primary N) is 1. The zero-order valence-electron chi connectivity index (χ0n) is 17.4. The maximum atomic E-state index is 13.3. The van der Waals surface area contributed by atoms with Gasteiger partial charge in [-0.3, -0.25) is 19.4 Å². The summed E-state index contributed by atoms with van der Waals surface area (Å²) in [6, 6.07) is 14.2. The van der Waals surface area contributed by atoms with E-state index in [1.54, 1.807) is 12.1 Å². The number of carbonyl (C=O) groups is 2. The number of nitrogens with zero attached hydrogens (tertiary/aromatic N) is 3. The van der Waals surface area contributed by atoms with E-state index in [9.17, 15) is 14.0 Å². The SMILES string of the molecule is Cc1cccc(CN2CCN(CC(=O)N(CCC(N)=O)c3ccc(F)cc3)CC2)c1. The van der Waals surface area contributed by atoms with Gasteiger partial charge in [-0.15, -0.1) is 0 Å². The minimum Gasteiger partial charge on any atom is -0.370 e. The number of aryl methyl sites for hydroxylation is 1. The molecule has 0 spiro atoms. The fourth-order valence-corrected chi connectivity index (χ4v) is 3.69. The number of piperazine rings is 1. The largest absolute Gasteiger partial charge is 0.370 e. The van der Waals surface area contributed by atoms with Crippen LogP contribution in [0.25, 0.3) is 0 Å². The Morgan fingerprint density at radius 3 is 2.33 bits per heavy atom. The number of hydrogen-bond acceptors (Lipinski definition) is 4. The van der Waals surface area contributed by atoms with Crippen molar-refractivity contribution in [2.45, 2.75) is 19.9 Å². The normalized spacial score (nSPS) is 15.1. The van der Waals surface area contributed by atoms with Gasteiger partial charge in [0.05, 0.1) is 6.54 Å². The number of anilines is 1. The number of halogens is 1. The minimum absolute atomic E-state index is 0.0629. The summed E-state index contributed by atoms with van der Waals surface area (Å²) in [6.45, 7) is 6.82. The molecule has 1 fully saturated rings. The van der Waals surface area contributed by atoms with Crippen LogP contribution in [-0.2, 0) is 16.1 Å². The third kappa shape index (κ3) is 6.37. The Labute approximate surface area is 177 Å². The van der Waals surface area contributed by atoms with E-state index in [4.69, 9.17) is 5.73 Å². The van der Waals surface area contributed by atoms with Gasteiger partial charge in [0.2, 0.25) is 11.8 Å². The molecule has 0 saturated carbocycles. The van der Waals surface area contributed by atoms with Gasteiger partial charge in [-0.25, -0.2) is 4.39 Å². The van der Waals surface area contributed by atoms with Crippen LogP contribution >= 0.6 is 0 Å². The van der Waals surface area contributed by atoms with Gasteiger partial charge in [0, 0.05) is 51.4 Å². The Balaban J connectivity index is 1.55. The number of carbonyl (C=O) groups excluding carboxylic acids is 2. The highest BCUT2D eigenvalue weighted by Crippen LogP contribution is 2.17. The summed E-state index contributed by atoms with van der Waals surface area (Å²) < 4.78 is 13.3. The lowest BCUT2D eigenvalue weighted by Crippen LogP contribution is -2.50. The monoisotopic (exact) mass is 412 g/mol. The van der Waals surface area contributed by atoms with Crippen molar-refractivity contribution < 1.29 is 14.0 Å². The molecule has 1 aliphatic rings. The van der Waals surface area contributed by atoms with Crippen LogP contribution < -0.4 is 10.6 Å². The third-order valence-corrected chi connectivity index (χ3v) is 5.33. The summed E-state index contributed by atoms with van der Waals surface area (Å²) in [4.78, 5) is 30.2. The first-order valence-electron chi connectivity index (χ1n) is 10.3. The Hall–Kier alpha value is -2.77. The summed E-state index contributed by atoms with van der Waals surface area (Å²) in [6.07, 6.45) is 0.0629. The first kappa shape index (κ1) is 21.9. The van der Waals surface area contributed by atoms with Gasteiger partial charge < -0.3 is 10.6 Å². The molecule has 6 nitrogen and oxygen atoms in total. The van der Waals surface area contributed by atoms with E-state index in [-0.39, 0.29) is 31.2 Å². The molecule has 0 bridgehead atoms. The molecule has 2 aromatic carbocycles. The molecule has 30 heavy (non-hydrogen) atoms. The van der Waals surface area contributed by atoms with Crippen LogP contribution in [0.15, 0.2) is 48.5 Å². The molecule has 0 unspecified atom stereocenters. The second-order valence-electron chi connectivity index (χ2n) is 7.78. The molecule has 2 aromatic rings. The minimum atomic E-state index is -0.473. The Kier molecular flexibility index (Phi) is 7.54. The standard InChI is InChI=1S/C23H29FN4O2/c1-18-3-2-4-19(15-18)16-26-11-13-27(14-12-26)17-23(30)28(10-9-22(25)29)21-7-5-20(24)6-8-21/h2-8,15H,9-14,16-17H2,1H3,(H2,25,29). The molecule has 7 heteroatoms. The predicted molar refractivity (Wildman–Crippen MR) is 115 cm³/mol. The third-order valence-electron chi connectivity index (χ3n) is 5.33. The van der Waals surface area contributed by atoms with Gasteiger partial charge in [0.25, 0.3) is 0 Å². The van der Waals surface area contributed by atoms with Gasteiger partial charge in [-0.2, -0.15) is 0 Å². The zero-order valence-corrected chi connectivity index (χ0v) is 17.4. The highest BCUT2D eigenvalue weighted by atomic mass is 19.1. The number of benzene rings is 2. The van der Waals surface area contributed by atoms with Crippen molar-refractivity contribution in [1.82, 2.24) is 9.80 Å². The van der Waals surface area contributed by atoms with Crippen molar-refractivity contribution in [1.29, 1.82) is 0 Å². The highest BCUT2D eigenvalue weighted by Gasteiger charge is 2.23. The average Bonchev–Trinajstić information content (AvgIpc) is 2.71. The van der Waals surface area contributed by atoms with E-state index in [0.29, 0.717) is 5.69 Å². The molecule has 1 heterocycles. The molecular weight excluding hydrogens is 383 g/mol. The molecule has 0 aliphatic carbocycles. The maximum Gasteiger partial charge on any atom is 0.241 e. The summed E-state index contributed by atoms with van der Waals surface area (Å²) in [5.74, 6) is -0.958. The van der Waals surface area contributed by atoms with Crippen LogP contribution in [-0.4, -0.2) is 60.9 Å². The van der Waals surface area contributed by atoms with Gasteiger partial charge in [-0.1, -0.05) is 29.8 Å². The summed E-state index contributed by atoms with van der Waals surface area (Å²) in [7, 11) is 0. The van der Waals surface area contributed by atoms with Crippen LogP contribution in [0.2, 0.25) is 0 Å². The number of amides is 2. The molecule has 1 aliphatic heterocycles. The van der Waals surface area contributed by atoms with E-state index >= 15 is 0 Å². The van der Waals surface area contributed by atoms with Crippen molar-refractivity contribution >= 4 is 17.5 Å². The number of rotatable bonds is 8. The van der Waals surface area contributed by atoms with Gasteiger partial charge in [-0.05, 0) is 36.8 Å². The second-order valence-corrected chi connectivity index (χ2v) is 7.78.